The van der Waals surface area contributed by atoms with Crippen molar-refractivity contribution < 1.29 is 17.9 Å². The van der Waals surface area contributed by atoms with Gasteiger partial charge >= 0.3 is 0 Å². The molecule has 4 nitrogen and oxygen atoms in total. The van der Waals surface area contributed by atoms with Crippen molar-refractivity contribution in [3.05, 3.63) is 47.1 Å². The molecule has 1 N–H and O–H groups in total. The Kier molecular flexibility index (Phi) is 4.42. The monoisotopic (exact) mass is 315 g/mol. The van der Waals surface area contributed by atoms with Gasteiger partial charge in [0.2, 0.25) is 0 Å². The van der Waals surface area contributed by atoms with Crippen molar-refractivity contribution in [1.29, 1.82) is 0 Å². The Labute approximate surface area is 121 Å². The summed E-state index contributed by atoms with van der Waals surface area (Å²) >= 11 is 1.03. The SMILES string of the molecule is CCN(c1ccc(F)cc1)S(=O)(=O)c1ccc(CO)s1. The van der Waals surface area contributed by atoms with Crippen molar-refractivity contribution in [2.24, 2.45) is 0 Å². The first kappa shape index (κ1) is 15.0. The highest BCUT2D eigenvalue weighted by atomic mass is 32.2. The molecule has 0 aliphatic rings. The van der Waals surface area contributed by atoms with Crippen LogP contribution in [0.4, 0.5) is 10.1 Å². The van der Waals surface area contributed by atoms with Crippen LogP contribution in [-0.4, -0.2) is 20.1 Å². The van der Waals surface area contributed by atoms with E-state index in [2.05, 4.69) is 0 Å². The van der Waals surface area contributed by atoms with Crippen LogP contribution >= 0.6 is 11.3 Å². The summed E-state index contributed by atoms with van der Waals surface area (Å²) in [7, 11) is -3.69. The van der Waals surface area contributed by atoms with Gasteiger partial charge in [-0.05, 0) is 43.3 Å². The molecule has 0 aliphatic carbocycles. The molecule has 0 radical (unpaired) electrons. The number of hydrogen-bond acceptors (Lipinski definition) is 4. The first-order valence-electron chi connectivity index (χ1n) is 5.97. The molecular formula is C13H14FNO3S2. The minimum atomic E-state index is -3.69. The molecule has 108 valence electrons. The third kappa shape index (κ3) is 2.84. The Balaban J connectivity index is 2.41. The van der Waals surface area contributed by atoms with E-state index in [9.17, 15) is 12.8 Å². The van der Waals surface area contributed by atoms with Gasteiger partial charge in [-0.25, -0.2) is 12.8 Å². The molecule has 0 saturated heterocycles. The Bertz CT molecular complexity index is 680. The second-order valence-electron chi connectivity index (χ2n) is 4.03. The molecule has 0 bridgehead atoms. The van der Waals surface area contributed by atoms with E-state index in [0.29, 0.717) is 10.6 Å². The average Bonchev–Trinajstić information content (AvgIpc) is 2.91. The van der Waals surface area contributed by atoms with Crippen molar-refractivity contribution in [2.75, 3.05) is 10.8 Å². The molecule has 0 fully saturated rings. The molecule has 0 atom stereocenters. The first-order valence-corrected chi connectivity index (χ1v) is 8.22. The number of halogens is 1. The fraction of sp³-hybridized carbons (Fsp3) is 0.231. The van der Waals surface area contributed by atoms with Crippen molar-refractivity contribution in [3.8, 4) is 0 Å². The Morgan fingerprint density at radius 3 is 2.35 bits per heavy atom. The molecule has 0 saturated carbocycles. The molecule has 2 aromatic rings. The molecule has 7 heteroatoms. The Morgan fingerprint density at radius 1 is 1.20 bits per heavy atom. The maximum atomic E-state index is 12.9. The molecule has 1 aromatic heterocycles. The zero-order chi connectivity index (χ0) is 14.8. The van der Waals surface area contributed by atoms with E-state index in [4.69, 9.17) is 5.11 Å². The number of thiophene rings is 1. The van der Waals surface area contributed by atoms with Crippen molar-refractivity contribution >= 4 is 27.0 Å². The number of hydrogen-bond donors (Lipinski definition) is 1. The minimum Gasteiger partial charge on any atom is -0.391 e. The lowest BCUT2D eigenvalue weighted by atomic mass is 10.3. The van der Waals surface area contributed by atoms with Crippen LogP contribution in [-0.2, 0) is 16.6 Å². The van der Waals surface area contributed by atoms with Crippen LogP contribution in [0.2, 0.25) is 0 Å². The standard InChI is InChI=1S/C13H14FNO3S2/c1-2-15(11-5-3-10(14)4-6-11)20(17,18)13-8-7-12(9-16)19-13/h3-8,16H,2,9H2,1H3. The summed E-state index contributed by atoms with van der Waals surface area (Å²) in [5.74, 6) is -0.416. The summed E-state index contributed by atoms with van der Waals surface area (Å²) in [6, 6.07) is 8.35. The quantitative estimate of drug-likeness (QED) is 0.922. The van der Waals surface area contributed by atoms with E-state index >= 15 is 0 Å². The van der Waals surface area contributed by atoms with E-state index in [0.717, 1.165) is 11.3 Å². The fourth-order valence-electron chi connectivity index (χ4n) is 1.79. The van der Waals surface area contributed by atoms with Gasteiger partial charge in [0.05, 0.1) is 12.3 Å². The van der Waals surface area contributed by atoms with Crippen LogP contribution in [0, 0.1) is 5.82 Å². The molecule has 0 spiro atoms. The molecule has 1 heterocycles. The van der Waals surface area contributed by atoms with Crippen molar-refractivity contribution in [2.45, 2.75) is 17.7 Å². The van der Waals surface area contributed by atoms with Crippen LogP contribution < -0.4 is 4.31 Å². The smallest absolute Gasteiger partial charge is 0.273 e. The summed E-state index contributed by atoms with van der Waals surface area (Å²) in [5, 5.41) is 9.02. The summed E-state index contributed by atoms with van der Waals surface area (Å²) in [5.41, 5.74) is 0.410. The predicted molar refractivity (Wildman–Crippen MR) is 76.8 cm³/mol. The van der Waals surface area contributed by atoms with Gasteiger partial charge in [-0.2, -0.15) is 0 Å². The maximum absolute atomic E-state index is 12.9. The van der Waals surface area contributed by atoms with E-state index in [1.54, 1.807) is 13.0 Å². The molecular weight excluding hydrogens is 301 g/mol. The van der Waals surface area contributed by atoms with Gasteiger partial charge in [0.15, 0.2) is 0 Å². The van der Waals surface area contributed by atoms with Gasteiger partial charge in [0.25, 0.3) is 10.0 Å². The van der Waals surface area contributed by atoms with Gasteiger partial charge in [-0.3, -0.25) is 4.31 Å². The van der Waals surface area contributed by atoms with Crippen LogP contribution in [0.5, 0.6) is 0 Å². The second kappa shape index (κ2) is 5.90. The highest BCUT2D eigenvalue weighted by Gasteiger charge is 2.25. The van der Waals surface area contributed by atoms with Crippen LogP contribution in [0.3, 0.4) is 0 Å². The largest absolute Gasteiger partial charge is 0.391 e. The topological polar surface area (TPSA) is 57.6 Å². The zero-order valence-corrected chi connectivity index (χ0v) is 12.4. The number of aliphatic hydroxyl groups excluding tert-OH is 1. The number of aliphatic hydroxyl groups is 1. The zero-order valence-electron chi connectivity index (χ0n) is 10.8. The lowest BCUT2D eigenvalue weighted by Crippen LogP contribution is -2.30. The number of benzene rings is 1. The van der Waals surface area contributed by atoms with Crippen LogP contribution in [0.15, 0.2) is 40.6 Å². The van der Waals surface area contributed by atoms with E-state index in [-0.39, 0.29) is 17.4 Å². The van der Waals surface area contributed by atoms with Gasteiger partial charge in [0, 0.05) is 11.4 Å². The van der Waals surface area contributed by atoms with Crippen LogP contribution in [0.25, 0.3) is 0 Å². The van der Waals surface area contributed by atoms with Gasteiger partial charge in [-0.15, -0.1) is 11.3 Å². The summed E-state index contributed by atoms with van der Waals surface area (Å²) < 4.78 is 39.4. The number of nitrogens with zero attached hydrogens (tertiary/aromatic N) is 1. The first-order chi connectivity index (χ1) is 9.48. The van der Waals surface area contributed by atoms with E-state index < -0.39 is 15.8 Å². The van der Waals surface area contributed by atoms with Gasteiger partial charge in [-0.1, -0.05) is 0 Å². The van der Waals surface area contributed by atoms with Gasteiger partial charge in [0.1, 0.15) is 10.0 Å². The summed E-state index contributed by atoms with van der Waals surface area (Å²) in [6.07, 6.45) is 0. The molecule has 1 aromatic carbocycles. The molecule has 20 heavy (non-hydrogen) atoms. The molecule has 2 rings (SSSR count). The number of sulfonamides is 1. The Morgan fingerprint density at radius 2 is 1.85 bits per heavy atom. The Hall–Kier alpha value is -1.44. The summed E-state index contributed by atoms with van der Waals surface area (Å²) in [6.45, 7) is 1.75. The number of anilines is 1. The van der Waals surface area contributed by atoms with Crippen molar-refractivity contribution in [3.63, 3.8) is 0 Å². The predicted octanol–water partition coefficient (Wildman–Crippen LogP) is 2.59. The van der Waals surface area contributed by atoms with E-state index in [1.165, 1.54) is 34.6 Å². The van der Waals surface area contributed by atoms with Gasteiger partial charge < -0.3 is 5.11 Å². The van der Waals surface area contributed by atoms with Crippen LogP contribution in [0.1, 0.15) is 11.8 Å². The summed E-state index contributed by atoms with van der Waals surface area (Å²) in [4.78, 5) is 0.582. The normalized spacial score (nSPS) is 11.6. The lowest BCUT2D eigenvalue weighted by molar-refractivity contribution is 0.285. The molecule has 0 unspecified atom stereocenters. The fourth-order valence-corrected chi connectivity index (χ4v) is 4.59. The maximum Gasteiger partial charge on any atom is 0.273 e. The van der Waals surface area contributed by atoms with Crippen molar-refractivity contribution in [1.82, 2.24) is 0 Å². The third-order valence-corrected chi connectivity index (χ3v) is 6.18. The third-order valence-electron chi connectivity index (χ3n) is 2.74. The lowest BCUT2D eigenvalue weighted by Gasteiger charge is -2.21. The van der Waals surface area contributed by atoms with E-state index in [1.807, 2.05) is 0 Å². The average molecular weight is 315 g/mol. The minimum absolute atomic E-state index is 0.160. The molecule has 0 aliphatic heterocycles. The number of rotatable bonds is 5. The highest BCUT2D eigenvalue weighted by molar-refractivity contribution is 7.94. The highest BCUT2D eigenvalue weighted by Crippen LogP contribution is 2.28. The molecule has 0 amide bonds. The second-order valence-corrected chi connectivity index (χ2v) is 7.28.